The molecule has 2 N–H and O–H groups in total. The van der Waals surface area contributed by atoms with Crippen LogP contribution in [-0.2, 0) is 4.79 Å². The Morgan fingerprint density at radius 3 is 2.44 bits per heavy atom. The molecule has 3 heterocycles. The highest BCUT2D eigenvalue weighted by Crippen LogP contribution is 2.34. The monoisotopic (exact) mass is 424 g/mol. The van der Waals surface area contributed by atoms with Crippen LogP contribution < -0.4 is 5.73 Å². The van der Waals surface area contributed by atoms with Crippen molar-refractivity contribution in [2.75, 3.05) is 0 Å². The molecule has 0 fully saturated rings. The lowest BCUT2D eigenvalue weighted by molar-refractivity contribution is -0.111. The second kappa shape index (κ2) is 8.59. The zero-order valence-corrected chi connectivity index (χ0v) is 18.2. The van der Waals surface area contributed by atoms with Gasteiger partial charge < -0.3 is 10.3 Å². The Balaban J connectivity index is 1.96. The van der Waals surface area contributed by atoms with Gasteiger partial charge >= 0.3 is 0 Å². The number of carbonyl (C=O) groups is 2. The lowest BCUT2D eigenvalue weighted by atomic mass is 10.0. The molecule has 0 amide bonds. The summed E-state index contributed by atoms with van der Waals surface area (Å²) >= 11 is 0. The molecular formula is C26H24N4O2. The zero-order chi connectivity index (χ0) is 22.8. The number of ketones is 1. The van der Waals surface area contributed by atoms with E-state index >= 15 is 0 Å². The highest BCUT2D eigenvalue weighted by molar-refractivity contribution is 6.20. The Labute approximate surface area is 186 Å². The van der Waals surface area contributed by atoms with Crippen LogP contribution in [0.1, 0.15) is 48.4 Å². The van der Waals surface area contributed by atoms with Crippen molar-refractivity contribution in [1.29, 1.82) is 0 Å². The maximum absolute atomic E-state index is 12.2. The summed E-state index contributed by atoms with van der Waals surface area (Å²) in [4.78, 5) is 32.5. The number of nitrogens with zero attached hydrogens (tertiary/aromatic N) is 3. The molecule has 0 aliphatic carbocycles. The number of carbonyl (C=O) groups excluding carboxylic acids is 2. The quantitative estimate of drug-likeness (QED) is 0.355. The normalized spacial score (nSPS) is 13.0. The topological polar surface area (TPSA) is 90.9 Å². The summed E-state index contributed by atoms with van der Waals surface area (Å²) in [5.41, 5.74) is 12.7. The van der Waals surface area contributed by atoms with Gasteiger partial charge in [-0.05, 0) is 44.5 Å². The molecule has 3 aromatic heterocycles. The summed E-state index contributed by atoms with van der Waals surface area (Å²) in [5, 5.41) is 0. The summed E-state index contributed by atoms with van der Waals surface area (Å²) in [5.74, 6) is -0.105. The van der Waals surface area contributed by atoms with Gasteiger partial charge in [0.1, 0.15) is 6.29 Å². The largest absolute Gasteiger partial charge is 0.402 e. The van der Waals surface area contributed by atoms with Crippen LogP contribution in [0.2, 0.25) is 0 Å². The molecule has 4 rings (SSSR count). The molecule has 0 saturated heterocycles. The van der Waals surface area contributed by atoms with E-state index in [1.807, 2.05) is 42.6 Å². The first kappa shape index (κ1) is 21.2. The van der Waals surface area contributed by atoms with Crippen molar-refractivity contribution in [3.63, 3.8) is 0 Å². The molecule has 6 heteroatoms. The van der Waals surface area contributed by atoms with Crippen LogP contribution in [0, 0.1) is 0 Å². The molecule has 4 aromatic rings. The summed E-state index contributed by atoms with van der Waals surface area (Å²) in [6.45, 7) is 5.30. The molecule has 1 aromatic carbocycles. The third-order valence-electron chi connectivity index (χ3n) is 5.59. The van der Waals surface area contributed by atoms with Gasteiger partial charge in [-0.25, -0.2) is 0 Å². The van der Waals surface area contributed by atoms with Crippen LogP contribution >= 0.6 is 0 Å². The van der Waals surface area contributed by atoms with Crippen LogP contribution in [-0.4, -0.2) is 26.6 Å². The minimum atomic E-state index is -0.105. The second-order valence-corrected chi connectivity index (χ2v) is 7.83. The van der Waals surface area contributed by atoms with E-state index in [1.165, 1.54) is 6.92 Å². The Bertz CT molecular complexity index is 1330. The number of nitrogens with two attached hydrogens (primary N) is 1. The van der Waals surface area contributed by atoms with Crippen LogP contribution in [0.25, 0.3) is 27.7 Å². The van der Waals surface area contributed by atoms with Gasteiger partial charge in [0.05, 0.1) is 22.8 Å². The van der Waals surface area contributed by atoms with E-state index in [0.717, 1.165) is 34.1 Å². The van der Waals surface area contributed by atoms with Crippen molar-refractivity contribution in [1.82, 2.24) is 14.5 Å². The first-order valence-corrected chi connectivity index (χ1v) is 10.4. The van der Waals surface area contributed by atoms with E-state index in [0.29, 0.717) is 22.4 Å². The highest BCUT2D eigenvalue weighted by Gasteiger charge is 2.20. The van der Waals surface area contributed by atoms with Crippen LogP contribution in [0.3, 0.4) is 0 Å². The SMILES string of the molecule is CC(=O)/C(=C(/C)N)c1cnc2c(-c3ccc(C=O)cc3)cn(C(C)c3ccccn3)c2c1. The van der Waals surface area contributed by atoms with Crippen LogP contribution in [0.15, 0.2) is 72.8 Å². The third-order valence-corrected chi connectivity index (χ3v) is 5.59. The van der Waals surface area contributed by atoms with Gasteiger partial charge in [-0.1, -0.05) is 30.3 Å². The average molecular weight is 425 g/mol. The van der Waals surface area contributed by atoms with Gasteiger partial charge in [0, 0.05) is 46.6 Å². The molecular weight excluding hydrogens is 400 g/mol. The van der Waals surface area contributed by atoms with E-state index in [2.05, 4.69) is 16.5 Å². The molecule has 0 aliphatic heterocycles. The van der Waals surface area contributed by atoms with Crippen LogP contribution in [0.5, 0.6) is 0 Å². The highest BCUT2D eigenvalue weighted by atomic mass is 16.1. The van der Waals surface area contributed by atoms with Crippen molar-refractivity contribution in [3.05, 3.63) is 89.6 Å². The lowest BCUT2D eigenvalue weighted by Crippen LogP contribution is -2.08. The van der Waals surface area contributed by atoms with Crippen molar-refractivity contribution < 1.29 is 9.59 Å². The predicted molar refractivity (Wildman–Crippen MR) is 126 cm³/mol. The van der Waals surface area contributed by atoms with Gasteiger partial charge in [0.25, 0.3) is 0 Å². The molecule has 32 heavy (non-hydrogen) atoms. The van der Waals surface area contributed by atoms with Gasteiger partial charge in [0.2, 0.25) is 0 Å². The maximum Gasteiger partial charge on any atom is 0.162 e. The number of pyridine rings is 2. The minimum Gasteiger partial charge on any atom is -0.402 e. The zero-order valence-electron chi connectivity index (χ0n) is 18.2. The first-order valence-electron chi connectivity index (χ1n) is 10.4. The first-order chi connectivity index (χ1) is 15.4. The Kier molecular flexibility index (Phi) is 5.69. The summed E-state index contributed by atoms with van der Waals surface area (Å²) < 4.78 is 2.11. The molecule has 0 bridgehead atoms. The number of aromatic nitrogens is 3. The molecule has 0 spiro atoms. The van der Waals surface area contributed by atoms with Gasteiger partial charge in [-0.2, -0.15) is 0 Å². The van der Waals surface area contributed by atoms with Gasteiger partial charge in [-0.15, -0.1) is 0 Å². The van der Waals surface area contributed by atoms with Crippen LogP contribution in [0.4, 0.5) is 0 Å². The third kappa shape index (κ3) is 3.83. The molecule has 1 atom stereocenters. The van der Waals surface area contributed by atoms with E-state index in [9.17, 15) is 9.59 Å². The van der Waals surface area contributed by atoms with E-state index in [4.69, 9.17) is 10.7 Å². The van der Waals surface area contributed by atoms with E-state index < -0.39 is 0 Å². The van der Waals surface area contributed by atoms with Crippen molar-refractivity contribution >= 4 is 28.7 Å². The van der Waals surface area contributed by atoms with Crippen molar-refractivity contribution in [2.45, 2.75) is 26.8 Å². The molecule has 0 radical (unpaired) electrons. The van der Waals surface area contributed by atoms with Gasteiger partial charge in [-0.3, -0.25) is 19.6 Å². The molecule has 1 unspecified atom stereocenters. The fourth-order valence-corrected chi connectivity index (χ4v) is 4.01. The summed E-state index contributed by atoms with van der Waals surface area (Å²) in [6, 6.07) is 15.1. The maximum atomic E-state index is 12.2. The number of rotatable bonds is 6. The Morgan fingerprint density at radius 1 is 1.09 bits per heavy atom. The number of hydrogen-bond donors (Lipinski definition) is 1. The Morgan fingerprint density at radius 2 is 1.84 bits per heavy atom. The number of aldehydes is 1. The fourth-order valence-electron chi connectivity index (χ4n) is 4.01. The van der Waals surface area contributed by atoms with Gasteiger partial charge in [0.15, 0.2) is 5.78 Å². The predicted octanol–water partition coefficient (Wildman–Crippen LogP) is 4.80. The molecule has 0 aliphatic rings. The van der Waals surface area contributed by atoms with Crippen molar-refractivity contribution in [3.8, 4) is 11.1 Å². The van der Waals surface area contributed by atoms with E-state index in [-0.39, 0.29) is 11.8 Å². The number of allylic oxidation sites excluding steroid dienone is 2. The summed E-state index contributed by atoms with van der Waals surface area (Å²) in [7, 11) is 0. The number of benzene rings is 1. The number of hydrogen-bond acceptors (Lipinski definition) is 5. The van der Waals surface area contributed by atoms with Crippen molar-refractivity contribution in [2.24, 2.45) is 5.73 Å². The number of fused-ring (bicyclic) bond motifs is 1. The molecule has 160 valence electrons. The Hall–Kier alpha value is -4.06. The average Bonchev–Trinajstić information content (AvgIpc) is 3.17. The second-order valence-electron chi connectivity index (χ2n) is 7.83. The fraction of sp³-hybridized carbons (Fsp3) is 0.154. The lowest BCUT2D eigenvalue weighted by Gasteiger charge is -2.15. The smallest absolute Gasteiger partial charge is 0.162 e. The molecule has 0 saturated carbocycles. The summed E-state index contributed by atoms with van der Waals surface area (Å²) in [6.07, 6.45) is 6.33. The number of Topliss-reactive ketones (excluding diaryl/α,β-unsaturated/α-hetero) is 1. The standard InChI is InChI=1S/C26H24N4O2/c1-16(27)25(18(3)32)21-12-24-26(29-13-21)22(20-9-7-19(15-31)8-10-20)14-30(24)17(2)23-6-4-5-11-28-23/h4-15,17H,27H2,1-3H3/b25-16+. The van der Waals surface area contributed by atoms with E-state index in [1.54, 1.807) is 31.5 Å². The minimum absolute atomic E-state index is 0.0671. The molecule has 6 nitrogen and oxygen atoms in total.